The summed E-state index contributed by atoms with van der Waals surface area (Å²) >= 11 is 5.55. The van der Waals surface area contributed by atoms with Gasteiger partial charge in [0.2, 0.25) is 0 Å². The lowest BCUT2D eigenvalue weighted by Gasteiger charge is -2.27. The smallest absolute Gasteiger partial charge is 0.314 e. The Morgan fingerprint density at radius 1 is 1.14 bits per heavy atom. The van der Waals surface area contributed by atoms with Gasteiger partial charge in [-0.2, -0.15) is 13.2 Å². The molecule has 1 aromatic rings. The van der Waals surface area contributed by atoms with Gasteiger partial charge in [-0.1, -0.05) is 23.7 Å². The fraction of sp³-hybridized carbons (Fsp3) is 0.333. The average molecular weight is 224 g/mol. The lowest BCUT2D eigenvalue weighted by molar-refractivity contribution is -0.184. The fourth-order valence-electron chi connectivity index (χ4n) is 0.960. The zero-order valence-electron chi connectivity index (χ0n) is 7.40. The normalized spacial score (nSPS) is 16.4. The molecule has 1 unspecified atom stereocenters. The third-order valence-corrected chi connectivity index (χ3v) is 2.28. The highest BCUT2D eigenvalue weighted by atomic mass is 35.5. The largest absolute Gasteiger partial charge is 0.410 e. The first-order chi connectivity index (χ1) is 6.25. The summed E-state index contributed by atoms with van der Waals surface area (Å²) in [6.07, 6.45) is -4.47. The number of rotatable bonds is 1. The first-order valence-corrected chi connectivity index (χ1v) is 4.24. The van der Waals surface area contributed by atoms with Gasteiger partial charge in [-0.3, -0.25) is 0 Å². The summed E-state index contributed by atoms with van der Waals surface area (Å²) in [5, 5.41) is 0.381. The number of halogens is 4. The number of hydrogen-bond donors (Lipinski definition) is 1. The fourth-order valence-corrected chi connectivity index (χ4v) is 1.09. The molecule has 0 heterocycles. The van der Waals surface area contributed by atoms with Crippen LogP contribution in [0.1, 0.15) is 12.5 Å². The second kappa shape index (κ2) is 3.44. The Kier molecular flexibility index (Phi) is 2.78. The zero-order chi connectivity index (χ0) is 11.0. The van der Waals surface area contributed by atoms with Crippen LogP contribution in [0.15, 0.2) is 24.3 Å². The van der Waals surface area contributed by atoms with Gasteiger partial charge in [0.15, 0.2) is 0 Å². The lowest BCUT2D eigenvalue weighted by Crippen LogP contribution is -2.47. The highest BCUT2D eigenvalue weighted by molar-refractivity contribution is 6.30. The second-order valence-electron chi connectivity index (χ2n) is 3.21. The summed E-state index contributed by atoms with van der Waals surface area (Å²) in [7, 11) is 0. The quantitative estimate of drug-likeness (QED) is 0.778. The number of benzene rings is 1. The van der Waals surface area contributed by atoms with Gasteiger partial charge in [0.1, 0.15) is 5.54 Å². The first-order valence-electron chi connectivity index (χ1n) is 3.87. The molecule has 1 nitrogen and oxygen atoms in total. The van der Waals surface area contributed by atoms with Gasteiger partial charge in [-0.15, -0.1) is 0 Å². The van der Waals surface area contributed by atoms with Crippen LogP contribution in [0.3, 0.4) is 0 Å². The topological polar surface area (TPSA) is 26.0 Å². The second-order valence-corrected chi connectivity index (χ2v) is 3.64. The molecular weight excluding hydrogens is 215 g/mol. The van der Waals surface area contributed by atoms with Crippen LogP contribution in [0.5, 0.6) is 0 Å². The molecule has 0 amide bonds. The van der Waals surface area contributed by atoms with E-state index in [1.807, 2.05) is 0 Å². The summed E-state index contributed by atoms with van der Waals surface area (Å²) in [5.41, 5.74) is 2.86. The minimum Gasteiger partial charge on any atom is -0.314 e. The van der Waals surface area contributed by atoms with Gasteiger partial charge < -0.3 is 5.73 Å². The van der Waals surface area contributed by atoms with Crippen molar-refractivity contribution in [3.05, 3.63) is 34.9 Å². The van der Waals surface area contributed by atoms with E-state index < -0.39 is 11.7 Å². The SMILES string of the molecule is CC(N)(c1ccc(Cl)cc1)C(F)(F)F. The van der Waals surface area contributed by atoms with E-state index in [1.165, 1.54) is 24.3 Å². The first kappa shape index (κ1) is 11.3. The Hall–Kier alpha value is -0.740. The van der Waals surface area contributed by atoms with E-state index in [0.29, 0.717) is 5.02 Å². The molecule has 0 bridgehead atoms. The Morgan fingerprint density at radius 2 is 1.57 bits per heavy atom. The molecule has 0 aliphatic rings. The van der Waals surface area contributed by atoms with Gasteiger partial charge in [0.25, 0.3) is 0 Å². The van der Waals surface area contributed by atoms with Crippen molar-refractivity contribution < 1.29 is 13.2 Å². The van der Waals surface area contributed by atoms with Gasteiger partial charge >= 0.3 is 6.18 Å². The lowest BCUT2D eigenvalue weighted by atomic mass is 9.93. The van der Waals surface area contributed by atoms with E-state index in [2.05, 4.69) is 0 Å². The van der Waals surface area contributed by atoms with Crippen LogP contribution in [-0.2, 0) is 5.54 Å². The maximum atomic E-state index is 12.5. The molecule has 1 rings (SSSR count). The van der Waals surface area contributed by atoms with E-state index in [0.717, 1.165) is 6.92 Å². The molecule has 78 valence electrons. The minimum atomic E-state index is -4.47. The third-order valence-electron chi connectivity index (χ3n) is 2.03. The molecule has 5 heteroatoms. The van der Waals surface area contributed by atoms with Crippen LogP contribution >= 0.6 is 11.6 Å². The van der Waals surface area contributed by atoms with Crippen LogP contribution in [0, 0.1) is 0 Å². The molecule has 0 saturated carbocycles. The summed E-state index contributed by atoms with van der Waals surface area (Å²) < 4.78 is 37.4. The molecule has 0 fully saturated rings. The molecular formula is C9H9ClF3N. The minimum absolute atomic E-state index is 0.00519. The monoisotopic (exact) mass is 223 g/mol. The number of nitrogens with two attached hydrogens (primary N) is 1. The van der Waals surface area contributed by atoms with Crippen LogP contribution in [-0.4, -0.2) is 6.18 Å². The molecule has 1 atom stereocenters. The Bertz CT molecular complexity index is 316. The number of alkyl halides is 3. The van der Waals surface area contributed by atoms with Crippen molar-refractivity contribution >= 4 is 11.6 Å². The average Bonchev–Trinajstić information content (AvgIpc) is 2.03. The van der Waals surface area contributed by atoms with Crippen molar-refractivity contribution in [3.63, 3.8) is 0 Å². The van der Waals surface area contributed by atoms with Crippen LogP contribution in [0.4, 0.5) is 13.2 Å². The zero-order valence-corrected chi connectivity index (χ0v) is 8.15. The highest BCUT2D eigenvalue weighted by Crippen LogP contribution is 2.36. The summed E-state index contributed by atoms with van der Waals surface area (Å²) in [6.45, 7) is 0.927. The molecule has 0 aromatic heterocycles. The van der Waals surface area contributed by atoms with Crippen molar-refractivity contribution in [2.75, 3.05) is 0 Å². The summed E-state index contributed by atoms with van der Waals surface area (Å²) in [4.78, 5) is 0. The van der Waals surface area contributed by atoms with E-state index >= 15 is 0 Å². The van der Waals surface area contributed by atoms with E-state index in [-0.39, 0.29) is 5.56 Å². The molecule has 0 spiro atoms. The van der Waals surface area contributed by atoms with Crippen molar-refractivity contribution in [2.45, 2.75) is 18.6 Å². The maximum absolute atomic E-state index is 12.5. The van der Waals surface area contributed by atoms with Gasteiger partial charge in [-0.25, -0.2) is 0 Å². The van der Waals surface area contributed by atoms with Gasteiger partial charge in [-0.05, 0) is 24.6 Å². The van der Waals surface area contributed by atoms with Crippen LogP contribution < -0.4 is 5.73 Å². The van der Waals surface area contributed by atoms with E-state index in [9.17, 15) is 13.2 Å². The molecule has 2 N–H and O–H groups in total. The Labute approximate surface area is 84.7 Å². The molecule has 0 aliphatic heterocycles. The Morgan fingerprint density at radius 3 is 1.93 bits per heavy atom. The maximum Gasteiger partial charge on any atom is 0.410 e. The molecule has 1 aromatic carbocycles. The van der Waals surface area contributed by atoms with Gasteiger partial charge in [0.05, 0.1) is 0 Å². The molecule has 0 aliphatic carbocycles. The predicted molar refractivity (Wildman–Crippen MR) is 49.0 cm³/mol. The van der Waals surface area contributed by atoms with E-state index in [4.69, 9.17) is 17.3 Å². The van der Waals surface area contributed by atoms with Crippen molar-refractivity contribution in [1.82, 2.24) is 0 Å². The van der Waals surface area contributed by atoms with Crippen molar-refractivity contribution in [2.24, 2.45) is 5.73 Å². The van der Waals surface area contributed by atoms with E-state index in [1.54, 1.807) is 0 Å². The summed E-state index contributed by atoms with van der Waals surface area (Å²) in [5.74, 6) is 0. The van der Waals surface area contributed by atoms with Gasteiger partial charge in [0, 0.05) is 5.02 Å². The van der Waals surface area contributed by atoms with Crippen LogP contribution in [0.2, 0.25) is 5.02 Å². The molecule has 0 saturated heterocycles. The van der Waals surface area contributed by atoms with Crippen molar-refractivity contribution in [1.29, 1.82) is 0 Å². The predicted octanol–water partition coefficient (Wildman–Crippen LogP) is 3.08. The Balaban J connectivity index is 3.10. The van der Waals surface area contributed by atoms with Crippen molar-refractivity contribution in [3.8, 4) is 0 Å². The van der Waals surface area contributed by atoms with Crippen LogP contribution in [0.25, 0.3) is 0 Å². The summed E-state index contributed by atoms with van der Waals surface area (Å²) in [6, 6.07) is 5.31. The third kappa shape index (κ3) is 2.01. The number of hydrogen-bond acceptors (Lipinski definition) is 1. The standard InChI is InChI=1S/C9H9ClF3N/c1-8(14,9(11,12)13)6-2-4-7(10)5-3-6/h2-5H,14H2,1H3. The molecule has 0 radical (unpaired) electrons. The molecule has 14 heavy (non-hydrogen) atoms. The highest BCUT2D eigenvalue weighted by Gasteiger charge is 2.49.